The van der Waals surface area contributed by atoms with Crippen LogP contribution in [0, 0.1) is 5.82 Å². The van der Waals surface area contributed by atoms with E-state index >= 15 is 0 Å². The number of hydrogen-bond donors (Lipinski definition) is 1. The predicted molar refractivity (Wildman–Crippen MR) is 79.3 cm³/mol. The second-order valence-corrected chi connectivity index (χ2v) is 4.89. The minimum Gasteiger partial charge on any atom is -0.467 e. The Morgan fingerprint density at radius 1 is 1.24 bits per heavy atom. The van der Waals surface area contributed by atoms with Gasteiger partial charge in [-0.25, -0.2) is 4.39 Å². The molecule has 0 aliphatic rings. The van der Waals surface area contributed by atoms with Crippen LogP contribution in [0.2, 0.25) is 0 Å². The molecule has 2 rings (SSSR count). The first-order valence-electron chi connectivity index (χ1n) is 6.29. The van der Waals surface area contributed by atoms with E-state index in [-0.39, 0.29) is 17.8 Å². The minimum absolute atomic E-state index is 0.0298. The summed E-state index contributed by atoms with van der Waals surface area (Å²) in [6.45, 7) is 2.73. The SMILES string of the molecule is CCCNc1nc(OC)nc(Oc2ccc(Br)c(F)c2)n1. The van der Waals surface area contributed by atoms with E-state index in [1.165, 1.54) is 13.2 Å². The molecule has 1 N–H and O–H groups in total. The fourth-order valence-electron chi connectivity index (χ4n) is 1.44. The Morgan fingerprint density at radius 2 is 2.00 bits per heavy atom. The normalized spacial score (nSPS) is 10.3. The van der Waals surface area contributed by atoms with E-state index in [0.717, 1.165) is 6.42 Å². The summed E-state index contributed by atoms with van der Waals surface area (Å²) in [5.74, 6) is 0.194. The molecule has 6 nitrogen and oxygen atoms in total. The average Bonchev–Trinajstić information content (AvgIpc) is 2.48. The zero-order valence-corrected chi connectivity index (χ0v) is 13.1. The zero-order chi connectivity index (χ0) is 15.2. The molecule has 0 unspecified atom stereocenters. The maximum absolute atomic E-state index is 13.5. The fourth-order valence-corrected chi connectivity index (χ4v) is 1.68. The van der Waals surface area contributed by atoms with Crippen LogP contribution >= 0.6 is 15.9 Å². The van der Waals surface area contributed by atoms with Crippen molar-refractivity contribution in [2.75, 3.05) is 19.0 Å². The van der Waals surface area contributed by atoms with E-state index in [4.69, 9.17) is 9.47 Å². The summed E-state index contributed by atoms with van der Waals surface area (Å²) in [6.07, 6.45) is 0.919. The first-order chi connectivity index (χ1) is 10.1. The summed E-state index contributed by atoms with van der Waals surface area (Å²) in [4.78, 5) is 12.1. The number of benzene rings is 1. The highest BCUT2D eigenvalue weighted by atomic mass is 79.9. The van der Waals surface area contributed by atoms with Crippen LogP contribution in [0.1, 0.15) is 13.3 Å². The van der Waals surface area contributed by atoms with Crippen LogP contribution in [0.3, 0.4) is 0 Å². The molecular formula is C13H14BrFN4O2. The summed E-state index contributed by atoms with van der Waals surface area (Å²) in [6, 6.07) is 4.53. The van der Waals surface area contributed by atoms with Crippen LogP contribution in [0.4, 0.5) is 10.3 Å². The number of anilines is 1. The fraction of sp³-hybridized carbons (Fsp3) is 0.308. The van der Waals surface area contributed by atoms with Gasteiger partial charge in [0, 0.05) is 12.6 Å². The molecule has 8 heteroatoms. The van der Waals surface area contributed by atoms with E-state index < -0.39 is 5.82 Å². The van der Waals surface area contributed by atoms with Gasteiger partial charge in [-0.05, 0) is 34.5 Å². The lowest BCUT2D eigenvalue weighted by Gasteiger charge is -2.08. The predicted octanol–water partition coefficient (Wildman–Crippen LogP) is 3.40. The zero-order valence-electron chi connectivity index (χ0n) is 11.6. The van der Waals surface area contributed by atoms with Gasteiger partial charge in [0.1, 0.15) is 11.6 Å². The number of hydrogen-bond acceptors (Lipinski definition) is 6. The van der Waals surface area contributed by atoms with Gasteiger partial charge >= 0.3 is 12.0 Å². The Labute approximate surface area is 129 Å². The number of aromatic nitrogens is 3. The third-order valence-electron chi connectivity index (χ3n) is 2.41. The Morgan fingerprint density at radius 3 is 2.67 bits per heavy atom. The van der Waals surface area contributed by atoms with E-state index in [9.17, 15) is 4.39 Å². The smallest absolute Gasteiger partial charge is 0.330 e. The Balaban J connectivity index is 2.23. The van der Waals surface area contributed by atoms with E-state index in [1.807, 2.05) is 6.92 Å². The van der Waals surface area contributed by atoms with Crippen LogP contribution in [0.25, 0.3) is 0 Å². The van der Waals surface area contributed by atoms with Gasteiger partial charge in [-0.3, -0.25) is 0 Å². The molecular weight excluding hydrogens is 343 g/mol. The topological polar surface area (TPSA) is 69.2 Å². The maximum atomic E-state index is 13.5. The van der Waals surface area contributed by atoms with Crippen molar-refractivity contribution in [3.05, 3.63) is 28.5 Å². The van der Waals surface area contributed by atoms with Crippen molar-refractivity contribution in [3.8, 4) is 17.8 Å². The first-order valence-corrected chi connectivity index (χ1v) is 7.08. The van der Waals surface area contributed by atoms with Crippen LogP contribution in [0.15, 0.2) is 22.7 Å². The van der Waals surface area contributed by atoms with Gasteiger partial charge in [0.2, 0.25) is 5.95 Å². The van der Waals surface area contributed by atoms with Crippen LogP contribution < -0.4 is 14.8 Å². The van der Waals surface area contributed by atoms with Gasteiger partial charge in [0.25, 0.3) is 0 Å². The molecule has 0 radical (unpaired) electrons. The Hall–Kier alpha value is -1.96. The number of halogens is 2. The van der Waals surface area contributed by atoms with Crippen molar-refractivity contribution in [2.24, 2.45) is 0 Å². The largest absolute Gasteiger partial charge is 0.467 e. The number of methoxy groups -OCH3 is 1. The van der Waals surface area contributed by atoms with Crippen molar-refractivity contribution in [2.45, 2.75) is 13.3 Å². The molecule has 0 bridgehead atoms. The summed E-state index contributed by atoms with van der Waals surface area (Å²) in [5.41, 5.74) is 0. The molecule has 0 saturated carbocycles. The molecule has 1 heterocycles. The molecule has 0 aliphatic carbocycles. The summed E-state index contributed by atoms with van der Waals surface area (Å²) < 4.78 is 24.2. The van der Waals surface area contributed by atoms with Crippen molar-refractivity contribution >= 4 is 21.9 Å². The summed E-state index contributed by atoms with van der Waals surface area (Å²) in [7, 11) is 1.45. The van der Waals surface area contributed by atoms with Crippen molar-refractivity contribution < 1.29 is 13.9 Å². The van der Waals surface area contributed by atoms with Gasteiger partial charge in [0.15, 0.2) is 0 Å². The molecule has 0 saturated heterocycles. The second-order valence-electron chi connectivity index (χ2n) is 4.03. The lowest BCUT2D eigenvalue weighted by molar-refractivity contribution is 0.359. The van der Waals surface area contributed by atoms with Gasteiger partial charge in [-0.15, -0.1) is 4.98 Å². The minimum atomic E-state index is -0.433. The lowest BCUT2D eigenvalue weighted by atomic mass is 10.3. The maximum Gasteiger partial charge on any atom is 0.330 e. The van der Waals surface area contributed by atoms with Gasteiger partial charge in [-0.2, -0.15) is 9.97 Å². The average molecular weight is 357 g/mol. The van der Waals surface area contributed by atoms with Gasteiger partial charge in [-0.1, -0.05) is 6.92 Å². The molecule has 2 aromatic rings. The monoisotopic (exact) mass is 356 g/mol. The molecule has 0 spiro atoms. The standard InChI is InChI=1S/C13H14BrFN4O2/c1-3-6-16-11-17-12(20-2)19-13(18-11)21-8-4-5-9(14)10(15)7-8/h4-5,7H,3,6H2,1-2H3,(H,16,17,18,19). The van der Waals surface area contributed by atoms with Gasteiger partial charge < -0.3 is 14.8 Å². The number of nitrogens with zero attached hydrogens (tertiary/aromatic N) is 3. The lowest BCUT2D eigenvalue weighted by Crippen LogP contribution is -2.07. The van der Waals surface area contributed by atoms with E-state index in [1.54, 1.807) is 12.1 Å². The summed E-state index contributed by atoms with van der Waals surface area (Å²) in [5, 5.41) is 3.01. The molecule has 1 aromatic heterocycles. The first kappa shape index (κ1) is 15.4. The number of nitrogens with one attached hydrogen (secondary N) is 1. The van der Waals surface area contributed by atoms with Crippen molar-refractivity contribution in [1.82, 2.24) is 15.0 Å². The van der Waals surface area contributed by atoms with Gasteiger partial charge in [0.05, 0.1) is 11.6 Å². The number of rotatable bonds is 6. The van der Waals surface area contributed by atoms with Crippen LogP contribution in [0.5, 0.6) is 17.8 Å². The Bertz CT molecular complexity index is 627. The van der Waals surface area contributed by atoms with Crippen LogP contribution in [-0.4, -0.2) is 28.6 Å². The third kappa shape index (κ3) is 4.25. The third-order valence-corrected chi connectivity index (χ3v) is 3.05. The highest BCUT2D eigenvalue weighted by molar-refractivity contribution is 9.10. The molecule has 0 atom stereocenters. The van der Waals surface area contributed by atoms with Crippen LogP contribution in [-0.2, 0) is 0 Å². The molecule has 1 aromatic carbocycles. The second kappa shape index (κ2) is 7.16. The molecule has 0 amide bonds. The summed E-state index contributed by atoms with van der Waals surface area (Å²) >= 11 is 3.08. The molecule has 0 aliphatic heterocycles. The quantitative estimate of drug-likeness (QED) is 0.855. The Kier molecular flexibility index (Phi) is 5.26. The van der Waals surface area contributed by atoms with Crippen molar-refractivity contribution in [3.63, 3.8) is 0 Å². The number of ether oxygens (including phenoxy) is 2. The highest BCUT2D eigenvalue weighted by Crippen LogP contribution is 2.25. The molecule has 112 valence electrons. The van der Waals surface area contributed by atoms with E-state index in [0.29, 0.717) is 17.0 Å². The highest BCUT2D eigenvalue weighted by Gasteiger charge is 2.10. The van der Waals surface area contributed by atoms with E-state index in [2.05, 4.69) is 36.2 Å². The molecule has 0 fully saturated rings. The molecule has 21 heavy (non-hydrogen) atoms. The van der Waals surface area contributed by atoms with Crippen molar-refractivity contribution in [1.29, 1.82) is 0 Å².